The molecule has 1 saturated heterocycles. The molecule has 0 aliphatic carbocycles. The van der Waals surface area contributed by atoms with Gasteiger partial charge in [-0.05, 0) is 43.7 Å². The number of carboxylic acids is 1. The average Bonchev–Trinajstić information content (AvgIpc) is 2.64. The highest BCUT2D eigenvalue weighted by Gasteiger charge is 2.21. The summed E-state index contributed by atoms with van der Waals surface area (Å²) in [5.41, 5.74) is 2.44. The van der Waals surface area contributed by atoms with E-state index in [-0.39, 0.29) is 0 Å². The van der Waals surface area contributed by atoms with Gasteiger partial charge in [0, 0.05) is 13.1 Å². The van der Waals surface area contributed by atoms with Gasteiger partial charge in [0.15, 0.2) is 0 Å². The van der Waals surface area contributed by atoms with Crippen LogP contribution in [0.1, 0.15) is 54.9 Å². The van der Waals surface area contributed by atoms with Crippen LogP contribution in [0.5, 0.6) is 0 Å². The van der Waals surface area contributed by atoms with Crippen molar-refractivity contribution in [2.24, 2.45) is 5.92 Å². The molecule has 0 saturated carbocycles. The fourth-order valence-electron chi connectivity index (χ4n) is 3.34. The number of hydrogen-bond donors (Lipinski definition) is 1. The lowest BCUT2D eigenvalue weighted by Crippen LogP contribution is -2.27. The Morgan fingerprint density at radius 2 is 2.15 bits per heavy atom. The van der Waals surface area contributed by atoms with Crippen molar-refractivity contribution >= 4 is 11.7 Å². The number of carbonyl (C=O) groups is 1. The molecule has 1 atom stereocenters. The van der Waals surface area contributed by atoms with E-state index in [2.05, 4.69) is 11.8 Å². The first kappa shape index (κ1) is 14.9. The highest BCUT2D eigenvalue weighted by Crippen LogP contribution is 2.30. The lowest BCUT2D eigenvalue weighted by Gasteiger charge is -2.26. The van der Waals surface area contributed by atoms with Gasteiger partial charge in [0.25, 0.3) is 0 Å². The number of hydrogen-bond acceptors (Lipinski definition) is 2. The standard InChI is InChI=1S/C17H25NO2/c1-3-6-14-8-5-11-18(12-10-14)16-13(2)7-4-9-15(16)17(19)20/h4,7,9,14H,3,5-6,8,10-12H2,1-2H3,(H,19,20). The molecule has 0 radical (unpaired) electrons. The third-order valence-electron chi connectivity index (χ3n) is 4.33. The predicted octanol–water partition coefficient (Wildman–Crippen LogP) is 4.10. The largest absolute Gasteiger partial charge is 0.478 e. The van der Waals surface area contributed by atoms with Crippen molar-refractivity contribution in [1.29, 1.82) is 0 Å². The van der Waals surface area contributed by atoms with Gasteiger partial charge in [0.2, 0.25) is 0 Å². The van der Waals surface area contributed by atoms with Gasteiger partial charge in [-0.15, -0.1) is 0 Å². The number of rotatable bonds is 4. The summed E-state index contributed by atoms with van der Waals surface area (Å²) >= 11 is 0. The topological polar surface area (TPSA) is 40.5 Å². The lowest BCUT2D eigenvalue weighted by molar-refractivity contribution is 0.0697. The monoisotopic (exact) mass is 275 g/mol. The normalized spacial score (nSPS) is 19.7. The Bertz CT molecular complexity index is 470. The van der Waals surface area contributed by atoms with Gasteiger partial charge >= 0.3 is 5.97 Å². The van der Waals surface area contributed by atoms with Gasteiger partial charge in [0.05, 0.1) is 11.3 Å². The lowest BCUT2D eigenvalue weighted by atomic mass is 9.96. The SMILES string of the molecule is CCCC1CCCN(c2c(C)cccc2C(=O)O)CC1. The molecule has 0 aromatic heterocycles. The van der Waals surface area contributed by atoms with Crippen molar-refractivity contribution in [3.05, 3.63) is 29.3 Å². The van der Waals surface area contributed by atoms with E-state index in [4.69, 9.17) is 0 Å². The van der Waals surface area contributed by atoms with Crippen molar-refractivity contribution in [1.82, 2.24) is 0 Å². The molecule has 1 N–H and O–H groups in total. The van der Waals surface area contributed by atoms with Gasteiger partial charge in [-0.25, -0.2) is 4.79 Å². The van der Waals surface area contributed by atoms with E-state index < -0.39 is 5.97 Å². The Morgan fingerprint density at radius 3 is 2.85 bits per heavy atom. The van der Waals surface area contributed by atoms with E-state index in [1.54, 1.807) is 6.07 Å². The van der Waals surface area contributed by atoms with Gasteiger partial charge in [0.1, 0.15) is 0 Å². The van der Waals surface area contributed by atoms with E-state index in [0.29, 0.717) is 5.56 Å². The van der Waals surface area contributed by atoms with Crippen LogP contribution in [-0.2, 0) is 0 Å². The Hall–Kier alpha value is -1.51. The second-order valence-corrected chi connectivity index (χ2v) is 5.85. The van der Waals surface area contributed by atoms with Crippen molar-refractivity contribution in [2.75, 3.05) is 18.0 Å². The maximum Gasteiger partial charge on any atom is 0.337 e. The summed E-state index contributed by atoms with van der Waals surface area (Å²) in [6.45, 7) is 6.21. The Balaban J connectivity index is 2.21. The molecule has 1 aromatic carbocycles. The maximum atomic E-state index is 11.4. The van der Waals surface area contributed by atoms with E-state index in [1.807, 2.05) is 19.1 Å². The number of anilines is 1. The minimum absolute atomic E-state index is 0.443. The predicted molar refractivity (Wildman–Crippen MR) is 82.6 cm³/mol. The first-order valence-electron chi connectivity index (χ1n) is 7.71. The fraction of sp³-hybridized carbons (Fsp3) is 0.588. The van der Waals surface area contributed by atoms with Crippen LogP contribution >= 0.6 is 0 Å². The van der Waals surface area contributed by atoms with E-state index in [9.17, 15) is 9.90 Å². The second-order valence-electron chi connectivity index (χ2n) is 5.85. The minimum Gasteiger partial charge on any atom is -0.478 e. The van der Waals surface area contributed by atoms with Gasteiger partial charge in [-0.2, -0.15) is 0 Å². The molecule has 20 heavy (non-hydrogen) atoms. The average molecular weight is 275 g/mol. The number of aromatic carboxylic acids is 1. The zero-order chi connectivity index (χ0) is 14.5. The summed E-state index contributed by atoms with van der Waals surface area (Å²) < 4.78 is 0. The van der Waals surface area contributed by atoms with Gasteiger partial charge in [-0.3, -0.25) is 0 Å². The smallest absolute Gasteiger partial charge is 0.337 e. The highest BCUT2D eigenvalue weighted by molar-refractivity contribution is 5.95. The molecule has 1 aromatic rings. The van der Waals surface area contributed by atoms with Crippen LogP contribution in [-0.4, -0.2) is 24.2 Å². The Morgan fingerprint density at radius 1 is 1.35 bits per heavy atom. The molecule has 2 rings (SSSR count). The molecule has 110 valence electrons. The molecular formula is C17H25NO2. The van der Waals surface area contributed by atoms with Crippen LogP contribution in [0.4, 0.5) is 5.69 Å². The molecule has 1 aliphatic heterocycles. The van der Waals surface area contributed by atoms with Gasteiger partial charge in [-0.1, -0.05) is 31.9 Å². The summed E-state index contributed by atoms with van der Waals surface area (Å²) in [5, 5.41) is 9.40. The number of nitrogens with zero attached hydrogens (tertiary/aromatic N) is 1. The zero-order valence-electron chi connectivity index (χ0n) is 12.6. The molecule has 3 nitrogen and oxygen atoms in total. The molecule has 1 heterocycles. The van der Waals surface area contributed by atoms with Crippen LogP contribution in [0.25, 0.3) is 0 Å². The molecular weight excluding hydrogens is 250 g/mol. The Labute approximate surface area is 121 Å². The quantitative estimate of drug-likeness (QED) is 0.899. The van der Waals surface area contributed by atoms with Crippen LogP contribution < -0.4 is 4.90 Å². The van der Waals surface area contributed by atoms with Crippen molar-refractivity contribution in [3.8, 4) is 0 Å². The van der Waals surface area contributed by atoms with Crippen LogP contribution in [0.3, 0.4) is 0 Å². The van der Waals surface area contributed by atoms with Crippen LogP contribution in [0, 0.1) is 12.8 Å². The molecule has 0 amide bonds. The third-order valence-corrected chi connectivity index (χ3v) is 4.33. The minimum atomic E-state index is -0.821. The van der Waals surface area contributed by atoms with Crippen molar-refractivity contribution in [2.45, 2.75) is 46.0 Å². The van der Waals surface area contributed by atoms with E-state index >= 15 is 0 Å². The number of carboxylic acid groups (broad SMARTS) is 1. The summed E-state index contributed by atoms with van der Waals surface area (Å²) in [4.78, 5) is 13.7. The molecule has 1 aliphatic rings. The fourth-order valence-corrected chi connectivity index (χ4v) is 3.34. The van der Waals surface area contributed by atoms with Crippen molar-refractivity contribution in [3.63, 3.8) is 0 Å². The van der Waals surface area contributed by atoms with E-state index in [0.717, 1.165) is 36.7 Å². The number of benzene rings is 1. The van der Waals surface area contributed by atoms with Crippen molar-refractivity contribution < 1.29 is 9.90 Å². The number of aryl methyl sites for hydroxylation is 1. The Kier molecular flexibility index (Phi) is 5.05. The zero-order valence-corrected chi connectivity index (χ0v) is 12.6. The maximum absolute atomic E-state index is 11.4. The molecule has 1 fully saturated rings. The molecule has 1 unspecified atom stereocenters. The first-order valence-corrected chi connectivity index (χ1v) is 7.71. The second kappa shape index (κ2) is 6.78. The van der Waals surface area contributed by atoms with Crippen LogP contribution in [0.15, 0.2) is 18.2 Å². The summed E-state index contributed by atoms with van der Waals surface area (Å²) in [6, 6.07) is 5.56. The van der Waals surface area contributed by atoms with Gasteiger partial charge < -0.3 is 10.0 Å². The molecule has 3 heteroatoms. The third kappa shape index (κ3) is 3.33. The highest BCUT2D eigenvalue weighted by atomic mass is 16.4. The summed E-state index contributed by atoms with van der Waals surface area (Å²) in [7, 11) is 0. The van der Waals surface area contributed by atoms with E-state index in [1.165, 1.54) is 25.7 Å². The number of para-hydroxylation sites is 1. The van der Waals surface area contributed by atoms with Crippen LogP contribution in [0.2, 0.25) is 0 Å². The summed E-state index contributed by atoms with van der Waals surface area (Å²) in [5.74, 6) is -0.0136. The summed E-state index contributed by atoms with van der Waals surface area (Å²) in [6.07, 6.45) is 6.17. The molecule has 0 bridgehead atoms. The molecule has 0 spiro atoms. The first-order chi connectivity index (χ1) is 9.63.